The van der Waals surface area contributed by atoms with Gasteiger partial charge in [-0.2, -0.15) is 13.2 Å². The molecule has 0 spiro atoms. The summed E-state index contributed by atoms with van der Waals surface area (Å²) in [6, 6.07) is 8.58. The standard InChI is InChI=1S/C17H17F3N2O/c1-2-11-6-7-13-12(10-11)4-3-5-14(13)16(17(18,19)20)22-9-8-15(23)21-22/h3-7,10,16H,2,8-9H2,1H3,(H,21,23). The van der Waals surface area contributed by atoms with Crippen molar-refractivity contribution in [2.45, 2.75) is 32.0 Å². The van der Waals surface area contributed by atoms with Gasteiger partial charge in [0.2, 0.25) is 5.91 Å². The van der Waals surface area contributed by atoms with Crippen molar-refractivity contribution >= 4 is 16.7 Å². The first-order valence-corrected chi connectivity index (χ1v) is 7.54. The van der Waals surface area contributed by atoms with Crippen LogP contribution in [0, 0.1) is 0 Å². The summed E-state index contributed by atoms with van der Waals surface area (Å²) in [4.78, 5) is 11.3. The smallest absolute Gasteiger partial charge is 0.288 e. The van der Waals surface area contributed by atoms with Crippen LogP contribution in [0.1, 0.15) is 30.5 Å². The second-order valence-corrected chi connectivity index (χ2v) is 5.68. The highest BCUT2D eigenvalue weighted by Gasteiger charge is 2.47. The van der Waals surface area contributed by atoms with E-state index >= 15 is 0 Å². The molecule has 1 atom stereocenters. The lowest BCUT2D eigenvalue weighted by Gasteiger charge is -2.30. The van der Waals surface area contributed by atoms with E-state index in [1.165, 1.54) is 6.07 Å². The number of aryl methyl sites for hydroxylation is 1. The second kappa shape index (κ2) is 5.85. The van der Waals surface area contributed by atoms with Gasteiger partial charge in [-0.15, -0.1) is 0 Å². The highest BCUT2D eigenvalue weighted by molar-refractivity contribution is 5.87. The Balaban J connectivity index is 2.12. The zero-order valence-corrected chi connectivity index (χ0v) is 12.7. The summed E-state index contributed by atoms with van der Waals surface area (Å²) in [7, 11) is 0. The molecule has 3 rings (SSSR count). The van der Waals surface area contributed by atoms with Gasteiger partial charge in [0.05, 0.1) is 0 Å². The number of alkyl halides is 3. The largest absolute Gasteiger partial charge is 0.409 e. The van der Waals surface area contributed by atoms with E-state index in [-0.39, 0.29) is 24.4 Å². The second-order valence-electron chi connectivity index (χ2n) is 5.68. The molecule has 1 aliphatic rings. The number of hydrogen-bond acceptors (Lipinski definition) is 2. The maximum Gasteiger partial charge on any atom is 0.409 e. The van der Waals surface area contributed by atoms with Crippen LogP contribution in [-0.2, 0) is 11.2 Å². The topological polar surface area (TPSA) is 32.3 Å². The number of hydrazine groups is 1. The maximum absolute atomic E-state index is 13.7. The normalized spacial score (nSPS) is 17.5. The van der Waals surface area contributed by atoms with Crippen LogP contribution >= 0.6 is 0 Å². The van der Waals surface area contributed by atoms with Crippen molar-refractivity contribution in [3.63, 3.8) is 0 Å². The third-order valence-electron chi connectivity index (χ3n) is 4.15. The molecule has 0 aromatic heterocycles. The van der Waals surface area contributed by atoms with Gasteiger partial charge in [0.1, 0.15) is 0 Å². The Bertz CT molecular complexity index is 742. The average molecular weight is 322 g/mol. The molecule has 0 aliphatic carbocycles. The Morgan fingerprint density at radius 1 is 1.26 bits per heavy atom. The Hall–Kier alpha value is -2.08. The summed E-state index contributed by atoms with van der Waals surface area (Å²) in [5, 5.41) is 2.33. The van der Waals surface area contributed by atoms with Gasteiger partial charge in [0.15, 0.2) is 6.04 Å². The number of hydrogen-bond donors (Lipinski definition) is 1. The van der Waals surface area contributed by atoms with Crippen LogP contribution in [0.5, 0.6) is 0 Å². The molecule has 1 saturated heterocycles. The van der Waals surface area contributed by atoms with Gasteiger partial charge in [-0.25, -0.2) is 5.01 Å². The lowest BCUT2D eigenvalue weighted by Crippen LogP contribution is -2.43. The van der Waals surface area contributed by atoms with Crippen LogP contribution in [0.3, 0.4) is 0 Å². The summed E-state index contributed by atoms with van der Waals surface area (Å²) in [6.07, 6.45) is -3.57. The highest BCUT2D eigenvalue weighted by Crippen LogP contribution is 2.40. The van der Waals surface area contributed by atoms with Gasteiger partial charge in [-0.1, -0.05) is 43.3 Å². The van der Waals surface area contributed by atoms with E-state index in [4.69, 9.17) is 0 Å². The molecule has 2 aromatic rings. The Morgan fingerprint density at radius 2 is 2.04 bits per heavy atom. The van der Waals surface area contributed by atoms with Crippen molar-refractivity contribution in [3.05, 3.63) is 47.5 Å². The number of carbonyl (C=O) groups is 1. The number of carbonyl (C=O) groups excluding carboxylic acids is 1. The lowest BCUT2D eigenvalue weighted by molar-refractivity contribution is -0.190. The van der Waals surface area contributed by atoms with E-state index in [0.717, 1.165) is 22.4 Å². The Kier molecular flexibility index (Phi) is 4.02. The molecule has 1 N–H and O–H groups in total. The fraction of sp³-hybridized carbons (Fsp3) is 0.353. The van der Waals surface area contributed by atoms with Crippen molar-refractivity contribution in [3.8, 4) is 0 Å². The monoisotopic (exact) mass is 322 g/mol. The number of rotatable bonds is 3. The maximum atomic E-state index is 13.7. The predicted octanol–water partition coefficient (Wildman–Crippen LogP) is 3.74. The SMILES string of the molecule is CCc1ccc2c(C(N3CCC(=O)N3)C(F)(F)F)cccc2c1. The molecule has 0 radical (unpaired) electrons. The highest BCUT2D eigenvalue weighted by atomic mass is 19.4. The number of nitrogens with one attached hydrogen (secondary N) is 1. The molecule has 0 saturated carbocycles. The first-order chi connectivity index (χ1) is 10.9. The Morgan fingerprint density at radius 3 is 2.65 bits per heavy atom. The van der Waals surface area contributed by atoms with Gasteiger partial charge in [-0.05, 0) is 28.3 Å². The van der Waals surface area contributed by atoms with Gasteiger partial charge in [0, 0.05) is 13.0 Å². The molecular formula is C17H17F3N2O. The van der Waals surface area contributed by atoms with E-state index < -0.39 is 12.2 Å². The molecule has 1 aliphatic heterocycles. The van der Waals surface area contributed by atoms with Crippen LogP contribution in [0.25, 0.3) is 10.8 Å². The molecule has 1 heterocycles. The van der Waals surface area contributed by atoms with E-state index in [2.05, 4.69) is 5.43 Å². The van der Waals surface area contributed by atoms with E-state index in [1.54, 1.807) is 12.1 Å². The van der Waals surface area contributed by atoms with Crippen LogP contribution in [-0.4, -0.2) is 23.6 Å². The zero-order chi connectivity index (χ0) is 16.6. The van der Waals surface area contributed by atoms with Crippen molar-refractivity contribution in [2.24, 2.45) is 0 Å². The van der Waals surface area contributed by atoms with Crippen molar-refractivity contribution in [1.29, 1.82) is 0 Å². The third-order valence-corrected chi connectivity index (χ3v) is 4.15. The minimum atomic E-state index is -4.48. The quantitative estimate of drug-likeness (QED) is 0.933. The molecule has 6 heteroatoms. The Labute approximate surface area is 132 Å². The molecule has 23 heavy (non-hydrogen) atoms. The summed E-state index contributed by atoms with van der Waals surface area (Å²) >= 11 is 0. The van der Waals surface area contributed by atoms with Crippen LogP contribution in [0.15, 0.2) is 36.4 Å². The van der Waals surface area contributed by atoms with Gasteiger partial charge >= 0.3 is 6.18 Å². The first-order valence-electron chi connectivity index (χ1n) is 7.54. The average Bonchev–Trinajstić information content (AvgIpc) is 2.91. The third kappa shape index (κ3) is 3.03. The summed E-state index contributed by atoms with van der Waals surface area (Å²) in [5.41, 5.74) is 3.56. The minimum Gasteiger partial charge on any atom is -0.288 e. The number of nitrogens with zero attached hydrogens (tertiary/aromatic N) is 1. The lowest BCUT2D eigenvalue weighted by atomic mass is 9.96. The van der Waals surface area contributed by atoms with E-state index in [1.807, 2.05) is 25.1 Å². The molecule has 3 nitrogen and oxygen atoms in total. The number of fused-ring (bicyclic) bond motifs is 1. The minimum absolute atomic E-state index is 0.0481. The van der Waals surface area contributed by atoms with Crippen molar-refractivity contribution in [2.75, 3.05) is 6.54 Å². The molecule has 0 bridgehead atoms. The molecular weight excluding hydrogens is 305 g/mol. The first kappa shape index (κ1) is 15.8. The van der Waals surface area contributed by atoms with E-state index in [0.29, 0.717) is 5.39 Å². The van der Waals surface area contributed by atoms with Gasteiger partial charge in [-0.3, -0.25) is 10.2 Å². The number of amides is 1. The summed E-state index contributed by atoms with van der Waals surface area (Å²) < 4.78 is 41.0. The summed E-state index contributed by atoms with van der Waals surface area (Å²) in [6.45, 7) is 2.05. The van der Waals surface area contributed by atoms with Gasteiger partial charge < -0.3 is 0 Å². The molecule has 122 valence electrons. The van der Waals surface area contributed by atoms with E-state index in [9.17, 15) is 18.0 Å². The molecule has 1 unspecified atom stereocenters. The zero-order valence-electron chi connectivity index (χ0n) is 12.7. The molecule has 2 aromatic carbocycles. The van der Waals surface area contributed by atoms with Crippen LogP contribution in [0.2, 0.25) is 0 Å². The predicted molar refractivity (Wildman–Crippen MR) is 81.6 cm³/mol. The molecule has 1 amide bonds. The summed E-state index contributed by atoms with van der Waals surface area (Å²) in [5.74, 6) is -0.382. The number of halogens is 3. The fourth-order valence-corrected chi connectivity index (χ4v) is 3.03. The van der Waals surface area contributed by atoms with Crippen molar-refractivity contribution < 1.29 is 18.0 Å². The van der Waals surface area contributed by atoms with Crippen LogP contribution < -0.4 is 5.43 Å². The van der Waals surface area contributed by atoms with Crippen molar-refractivity contribution in [1.82, 2.24) is 10.4 Å². The fourth-order valence-electron chi connectivity index (χ4n) is 3.03. The van der Waals surface area contributed by atoms with Gasteiger partial charge in [0.25, 0.3) is 0 Å². The number of benzene rings is 2. The molecule has 1 fully saturated rings. The van der Waals surface area contributed by atoms with Crippen LogP contribution in [0.4, 0.5) is 13.2 Å².